The van der Waals surface area contributed by atoms with Crippen molar-refractivity contribution in [2.75, 3.05) is 0 Å². The Morgan fingerprint density at radius 3 is 2.00 bits per heavy atom. The van der Waals surface area contributed by atoms with Gasteiger partial charge in [-0.15, -0.1) is 12.0 Å². The Morgan fingerprint density at radius 1 is 1.12 bits per heavy atom. The summed E-state index contributed by atoms with van der Waals surface area (Å²) in [5, 5.41) is 20.3. The van der Waals surface area contributed by atoms with Gasteiger partial charge in [-0.1, -0.05) is 26.0 Å². The first-order valence-corrected chi connectivity index (χ1v) is 6.43. The summed E-state index contributed by atoms with van der Waals surface area (Å²) in [6.07, 6.45) is 6.59. The van der Waals surface area contributed by atoms with Gasteiger partial charge in [-0.05, 0) is 37.5 Å². The Hall–Kier alpha value is -0.535. The minimum Gasteiger partial charge on any atom is -0.387 e. The zero-order valence-electron chi connectivity index (χ0n) is 11.0. The number of rotatable bonds is 0. The highest BCUT2D eigenvalue weighted by Gasteiger charge is 2.69. The van der Waals surface area contributed by atoms with Crippen LogP contribution >= 0.6 is 0 Å². The van der Waals surface area contributed by atoms with Crippen LogP contribution in [-0.2, 0) is 0 Å². The minimum absolute atomic E-state index is 0.0885. The SMILES string of the molecule is CC1(O)CCC2CC1(O)C2(C)C.[B]1C=CC=C1. The van der Waals surface area contributed by atoms with E-state index in [0.717, 1.165) is 19.3 Å². The molecule has 3 unspecified atom stereocenters. The van der Waals surface area contributed by atoms with E-state index in [1.807, 2.05) is 31.4 Å². The van der Waals surface area contributed by atoms with E-state index in [-0.39, 0.29) is 5.41 Å². The van der Waals surface area contributed by atoms with Gasteiger partial charge >= 0.3 is 0 Å². The van der Waals surface area contributed by atoms with Crippen molar-refractivity contribution in [1.82, 2.24) is 0 Å². The zero-order valence-corrected chi connectivity index (χ0v) is 11.0. The van der Waals surface area contributed by atoms with Crippen LogP contribution in [0.4, 0.5) is 0 Å². The Bertz CT molecular complexity index is 337. The van der Waals surface area contributed by atoms with Crippen LogP contribution in [0.25, 0.3) is 0 Å². The second-order valence-corrected chi connectivity index (χ2v) is 6.26. The molecule has 4 rings (SSSR count). The molecule has 0 spiro atoms. The van der Waals surface area contributed by atoms with Crippen LogP contribution in [0.15, 0.2) is 24.1 Å². The molecule has 1 aliphatic heterocycles. The van der Waals surface area contributed by atoms with Crippen LogP contribution in [0, 0.1) is 11.3 Å². The molecule has 3 aliphatic carbocycles. The summed E-state index contributed by atoms with van der Waals surface area (Å²) in [5.74, 6) is 4.61. The maximum Gasteiger partial charge on any atom is 0.171 e. The lowest BCUT2D eigenvalue weighted by molar-refractivity contribution is -0.312. The first kappa shape index (κ1) is 12.9. The molecule has 3 heteroatoms. The fourth-order valence-corrected chi connectivity index (χ4v) is 3.44. The fraction of sp³-hybridized carbons (Fsp3) is 0.714. The lowest BCUT2D eigenvalue weighted by Gasteiger charge is -2.68. The molecule has 2 bridgehead atoms. The first-order chi connectivity index (χ1) is 7.81. The molecular weight excluding hydrogens is 211 g/mol. The van der Waals surface area contributed by atoms with Crippen molar-refractivity contribution in [3.8, 4) is 0 Å². The lowest BCUT2D eigenvalue weighted by Crippen LogP contribution is -2.74. The second-order valence-electron chi connectivity index (χ2n) is 6.26. The Labute approximate surface area is 105 Å². The van der Waals surface area contributed by atoms with Crippen molar-refractivity contribution < 1.29 is 10.2 Å². The Kier molecular flexibility index (Phi) is 3.03. The third-order valence-corrected chi connectivity index (χ3v) is 5.05. The molecule has 0 aromatic carbocycles. The molecule has 2 N–H and O–H groups in total. The van der Waals surface area contributed by atoms with Crippen LogP contribution in [0.3, 0.4) is 0 Å². The molecule has 0 aromatic heterocycles. The first-order valence-electron chi connectivity index (χ1n) is 6.43. The van der Waals surface area contributed by atoms with E-state index in [9.17, 15) is 10.2 Å². The van der Waals surface area contributed by atoms with Gasteiger partial charge in [-0.25, -0.2) is 0 Å². The molecule has 3 fully saturated rings. The minimum atomic E-state index is -0.870. The van der Waals surface area contributed by atoms with Gasteiger partial charge in [-0.3, -0.25) is 0 Å². The lowest BCUT2D eigenvalue weighted by atomic mass is 9.41. The maximum atomic E-state index is 10.2. The van der Waals surface area contributed by atoms with Crippen LogP contribution < -0.4 is 0 Å². The average Bonchev–Trinajstić information content (AvgIpc) is 2.80. The quantitative estimate of drug-likeness (QED) is 0.628. The maximum absolute atomic E-state index is 10.2. The average molecular weight is 233 g/mol. The van der Waals surface area contributed by atoms with E-state index >= 15 is 0 Å². The molecule has 1 heterocycles. The summed E-state index contributed by atoms with van der Waals surface area (Å²) in [5.41, 5.74) is -1.79. The van der Waals surface area contributed by atoms with Crippen molar-refractivity contribution in [1.29, 1.82) is 0 Å². The zero-order chi connectivity index (χ0) is 12.7. The highest BCUT2D eigenvalue weighted by Crippen LogP contribution is 2.65. The molecule has 93 valence electrons. The van der Waals surface area contributed by atoms with E-state index < -0.39 is 11.2 Å². The van der Waals surface area contributed by atoms with Gasteiger partial charge in [0, 0.05) is 0 Å². The second kappa shape index (κ2) is 3.99. The molecule has 0 amide bonds. The molecule has 1 radical (unpaired) electrons. The van der Waals surface area contributed by atoms with Gasteiger partial charge < -0.3 is 10.2 Å². The van der Waals surface area contributed by atoms with Crippen LogP contribution in [0.2, 0.25) is 0 Å². The summed E-state index contributed by atoms with van der Waals surface area (Å²) < 4.78 is 0. The van der Waals surface area contributed by atoms with E-state index in [0.29, 0.717) is 5.92 Å². The molecule has 3 saturated carbocycles. The normalized spacial score (nSPS) is 44.4. The van der Waals surface area contributed by atoms with Gasteiger partial charge in [0.15, 0.2) is 7.28 Å². The van der Waals surface area contributed by atoms with E-state index in [2.05, 4.69) is 13.8 Å². The van der Waals surface area contributed by atoms with Gasteiger partial charge in [0.1, 0.15) is 0 Å². The summed E-state index contributed by atoms with van der Waals surface area (Å²) in [6.45, 7) is 5.90. The third-order valence-electron chi connectivity index (χ3n) is 5.05. The predicted molar refractivity (Wildman–Crippen MR) is 70.7 cm³/mol. The van der Waals surface area contributed by atoms with Crippen LogP contribution in [0.5, 0.6) is 0 Å². The Morgan fingerprint density at radius 2 is 1.71 bits per heavy atom. The molecular formula is C14H22BO2. The number of aliphatic hydroxyl groups is 2. The summed E-state index contributed by atoms with van der Waals surface area (Å²) >= 11 is 0. The van der Waals surface area contributed by atoms with E-state index in [1.165, 1.54) is 0 Å². The molecule has 0 saturated heterocycles. The number of hydrogen-bond acceptors (Lipinski definition) is 2. The van der Waals surface area contributed by atoms with E-state index in [4.69, 9.17) is 0 Å². The van der Waals surface area contributed by atoms with Crippen molar-refractivity contribution >= 4 is 7.28 Å². The summed E-state index contributed by atoms with van der Waals surface area (Å²) in [6, 6.07) is 0. The molecule has 3 atom stereocenters. The molecule has 4 aliphatic rings. The van der Waals surface area contributed by atoms with Crippen molar-refractivity contribution in [3.63, 3.8) is 0 Å². The largest absolute Gasteiger partial charge is 0.387 e. The van der Waals surface area contributed by atoms with E-state index in [1.54, 1.807) is 6.92 Å². The standard InChI is InChI=1S/C10H18O2.C4H4B/c1-8(2)7-4-5-9(3,11)10(8,12)6-7;1-2-4-5-3-1/h7,11-12H,4-6H2,1-3H3;1-4H. The van der Waals surface area contributed by atoms with Crippen molar-refractivity contribution in [2.24, 2.45) is 11.3 Å². The molecule has 2 nitrogen and oxygen atoms in total. The molecule has 0 aromatic rings. The van der Waals surface area contributed by atoms with Crippen molar-refractivity contribution in [2.45, 2.75) is 51.2 Å². The highest BCUT2D eigenvalue weighted by atomic mass is 16.4. The van der Waals surface area contributed by atoms with Gasteiger partial charge in [-0.2, -0.15) is 0 Å². The highest BCUT2D eigenvalue weighted by molar-refractivity contribution is 6.49. The van der Waals surface area contributed by atoms with Crippen LogP contribution in [0.1, 0.15) is 40.0 Å². The third kappa shape index (κ3) is 1.80. The molecule has 17 heavy (non-hydrogen) atoms. The Balaban J connectivity index is 0.000000181. The summed E-state index contributed by atoms with van der Waals surface area (Å²) in [4.78, 5) is 0. The summed E-state index contributed by atoms with van der Waals surface area (Å²) in [7, 11) is 2.00. The number of hydrogen-bond donors (Lipinski definition) is 2. The smallest absolute Gasteiger partial charge is 0.171 e. The monoisotopic (exact) mass is 233 g/mol. The van der Waals surface area contributed by atoms with Gasteiger partial charge in [0.05, 0.1) is 11.2 Å². The van der Waals surface area contributed by atoms with Crippen molar-refractivity contribution in [3.05, 3.63) is 24.1 Å². The van der Waals surface area contributed by atoms with Gasteiger partial charge in [0.2, 0.25) is 0 Å². The predicted octanol–water partition coefficient (Wildman–Crippen LogP) is 2.04. The topological polar surface area (TPSA) is 40.5 Å². The van der Waals surface area contributed by atoms with Crippen LogP contribution in [-0.4, -0.2) is 28.7 Å². The number of allylic oxidation sites excluding steroid dienone is 2. The van der Waals surface area contributed by atoms with Gasteiger partial charge in [0.25, 0.3) is 0 Å². The number of fused-ring (bicyclic) bond motifs is 2. The fourth-order valence-electron chi connectivity index (χ4n) is 3.44.